The van der Waals surface area contributed by atoms with Crippen molar-refractivity contribution in [2.75, 3.05) is 13.1 Å². The number of hydrogen-bond acceptors (Lipinski definition) is 2. The molecule has 5 nitrogen and oxygen atoms in total. The molecule has 1 aliphatic carbocycles. The fourth-order valence-corrected chi connectivity index (χ4v) is 4.42. The highest BCUT2D eigenvalue weighted by Gasteiger charge is 2.43. The minimum Gasteiger partial charge on any atom is -0.353 e. The smallest absolute Gasteiger partial charge is 0.353 e. The van der Waals surface area contributed by atoms with E-state index >= 15 is 0 Å². The zero-order valence-electron chi connectivity index (χ0n) is 16.4. The molecule has 30 heavy (non-hydrogen) atoms. The first-order valence-corrected chi connectivity index (χ1v) is 10.3. The van der Waals surface area contributed by atoms with Gasteiger partial charge in [0, 0.05) is 13.1 Å². The van der Waals surface area contributed by atoms with Crippen LogP contribution in [-0.4, -0.2) is 42.1 Å². The number of nitrogens with one attached hydrogen (secondary N) is 2. The molecule has 1 saturated carbocycles. The third-order valence-corrected chi connectivity index (χ3v) is 6.34. The fourth-order valence-electron chi connectivity index (χ4n) is 4.23. The lowest BCUT2D eigenvalue weighted by atomic mass is 9.76. The Labute approximate surface area is 177 Å². The van der Waals surface area contributed by atoms with Gasteiger partial charge in [-0.05, 0) is 56.2 Å². The highest BCUT2D eigenvalue weighted by Crippen LogP contribution is 2.43. The van der Waals surface area contributed by atoms with Crippen molar-refractivity contribution < 1.29 is 27.2 Å². The molecule has 166 valence electrons. The van der Waals surface area contributed by atoms with Crippen molar-refractivity contribution in [1.82, 2.24) is 15.5 Å². The van der Waals surface area contributed by atoms with Crippen LogP contribution in [0.5, 0.6) is 0 Å². The lowest BCUT2D eigenvalue weighted by Crippen LogP contribution is -2.58. The number of carbonyl (C=O) groups excluding carboxylic acids is 2. The Kier molecular flexibility index (Phi) is 6.79. The summed E-state index contributed by atoms with van der Waals surface area (Å²) in [5.41, 5.74) is 0.527. The largest absolute Gasteiger partial charge is 0.391 e. The molecule has 1 aromatic rings. The predicted octanol–water partition coefficient (Wildman–Crippen LogP) is 4.42. The molecule has 2 atom stereocenters. The quantitative estimate of drug-likeness (QED) is 0.671. The Hall–Kier alpha value is -2.03. The van der Waals surface area contributed by atoms with Crippen LogP contribution in [-0.2, 0) is 4.79 Å². The minimum absolute atomic E-state index is 0.0298. The maximum atomic E-state index is 13.6. The Morgan fingerprint density at radius 1 is 1.27 bits per heavy atom. The van der Waals surface area contributed by atoms with Gasteiger partial charge in [-0.15, -0.1) is 0 Å². The van der Waals surface area contributed by atoms with Crippen LogP contribution in [0.15, 0.2) is 18.2 Å². The van der Waals surface area contributed by atoms with Gasteiger partial charge in [0.05, 0.1) is 17.0 Å². The van der Waals surface area contributed by atoms with Crippen molar-refractivity contribution in [2.24, 2.45) is 11.8 Å². The third kappa shape index (κ3) is 4.99. The Balaban J connectivity index is 1.80. The van der Waals surface area contributed by atoms with Crippen LogP contribution in [0.25, 0.3) is 0 Å². The van der Waals surface area contributed by atoms with E-state index in [0.29, 0.717) is 18.7 Å². The van der Waals surface area contributed by atoms with Gasteiger partial charge in [-0.1, -0.05) is 17.7 Å². The van der Waals surface area contributed by atoms with E-state index in [1.165, 1.54) is 23.1 Å². The number of urea groups is 1. The van der Waals surface area contributed by atoms with Gasteiger partial charge < -0.3 is 15.5 Å². The average Bonchev–Trinajstić information content (AvgIpc) is 2.69. The third-order valence-electron chi connectivity index (χ3n) is 6.05. The van der Waals surface area contributed by atoms with Crippen LogP contribution in [0.2, 0.25) is 5.02 Å². The molecular formula is C20H24ClF4N3O2. The maximum absolute atomic E-state index is 13.6. The second-order valence-electron chi connectivity index (χ2n) is 7.91. The molecule has 2 aliphatic rings. The van der Waals surface area contributed by atoms with Crippen LogP contribution in [0.1, 0.15) is 44.2 Å². The van der Waals surface area contributed by atoms with Crippen molar-refractivity contribution in [3.63, 3.8) is 0 Å². The van der Waals surface area contributed by atoms with Gasteiger partial charge in [0.1, 0.15) is 11.9 Å². The number of halogens is 5. The van der Waals surface area contributed by atoms with Crippen molar-refractivity contribution in [3.05, 3.63) is 34.6 Å². The molecule has 0 aromatic heterocycles. The summed E-state index contributed by atoms with van der Waals surface area (Å²) >= 11 is 5.91. The SMILES string of the molecule is C[C@@H]1C(=O)NCCN1C(=O)N[C@@H](c1ccc(F)c(Cl)c1)[C@H]1CC[C@H](C(F)(F)F)CC1. The first-order valence-electron chi connectivity index (χ1n) is 9.94. The molecule has 3 amide bonds. The second kappa shape index (κ2) is 8.99. The van der Waals surface area contributed by atoms with E-state index in [2.05, 4.69) is 10.6 Å². The zero-order chi connectivity index (χ0) is 22.1. The zero-order valence-corrected chi connectivity index (χ0v) is 17.2. The van der Waals surface area contributed by atoms with E-state index < -0.39 is 36.0 Å². The van der Waals surface area contributed by atoms with Gasteiger partial charge in [0.15, 0.2) is 0 Å². The van der Waals surface area contributed by atoms with Crippen molar-refractivity contribution in [2.45, 2.75) is 50.9 Å². The predicted molar refractivity (Wildman–Crippen MR) is 103 cm³/mol. The Bertz CT molecular complexity index is 797. The summed E-state index contributed by atoms with van der Waals surface area (Å²) in [5, 5.41) is 5.42. The number of piperazine rings is 1. The van der Waals surface area contributed by atoms with E-state index in [1.807, 2.05) is 0 Å². The molecule has 1 heterocycles. The summed E-state index contributed by atoms with van der Waals surface area (Å²) in [6.45, 7) is 2.24. The molecule has 0 spiro atoms. The van der Waals surface area contributed by atoms with Crippen LogP contribution < -0.4 is 10.6 Å². The fraction of sp³-hybridized carbons (Fsp3) is 0.600. The van der Waals surface area contributed by atoms with Gasteiger partial charge >= 0.3 is 12.2 Å². The van der Waals surface area contributed by atoms with Gasteiger partial charge in [-0.25, -0.2) is 9.18 Å². The molecule has 10 heteroatoms. The molecule has 1 aliphatic heterocycles. The molecule has 0 unspecified atom stereocenters. The molecule has 1 aromatic carbocycles. The van der Waals surface area contributed by atoms with Crippen LogP contribution >= 0.6 is 11.6 Å². The van der Waals surface area contributed by atoms with E-state index in [0.717, 1.165) is 0 Å². The molecule has 1 saturated heterocycles. The molecule has 0 radical (unpaired) electrons. The average molecular weight is 450 g/mol. The highest BCUT2D eigenvalue weighted by atomic mass is 35.5. The molecule has 2 N–H and O–H groups in total. The van der Waals surface area contributed by atoms with Crippen molar-refractivity contribution in [1.29, 1.82) is 0 Å². The summed E-state index contributed by atoms with van der Waals surface area (Å²) in [6.07, 6.45) is -3.77. The number of alkyl halides is 3. The topological polar surface area (TPSA) is 61.4 Å². The van der Waals surface area contributed by atoms with Gasteiger partial charge in [-0.2, -0.15) is 13.2 Å². The first-order chi connectivity index (χ1) is 14.1. The van der Waals surface area contributed by atoms with E-state index in [-0.39, 0.29) is 42.5 Å². The van der Waals surface area contributed by atoms with Crippen LogP contribution in [0.4, 0.5) is 22.4 Å². The summed E-state index contributed by atoms with van der Waals surface area (Å²) < 4.78 is 52.8. The summed E-state index contributed by atoms with van der Waals surface area (Å²) in [7, 11) is 0. The second-order valence-corrected chi connectivity index (χ2v) is 8.32. The molecule has 3 rings (SSSR count). The Morgan fingerprint density at radius 3 is 2.53 bits per heavy atom. The van der Waals surface area contributed by atoms with E-state index in [4.69, 9.17) is 11.6 Å². The lowest BCUT2D eigenvalue weighted by Gasteiger charge is -2.38. The highest BCUT2D eigenvalue weighted by molar-refractivity contribution is 6.30. The number of rotatable bonds is 3. The maximum Gasteiger partial charge on any atom is 0.391 e. The first kappa shape index (κ1) is 22.7. The summed E-state index contributed by atoms with van der Waals surface area (Å²) in [6, 6.07) is 2.26. The minimum atomic E-state index is -4.24. The monoisotopic (exact) mass is 449 g/mol. The lowest BCUT2D eigenvalue weighted by molar-refractivity contribution is -0.184. The van der Waals surface area contributed by atoms with E-state index in [1.54, 1.807) is 6.92 Å². The van der Waals surface area contributed by atoms with Crippen LogP contribution in [0.3, 0.4) is 0 Å². The number of hydrogen-bond donors (Lipinski definition) is 2. The van der Waals surface area contributed by atoms with Gasteiger partial charge in [0.2, 0.25) is 5.91 Å². The van der Waals surface area contributed by atoms with Gasteiger partial charge in [0.25, 0.3) is 0 Å². The molecule has 0 bridgehead atoms. The van der Waals surface area contributed by atoms with Crippen LogP contribution in [0, 0.1) is 17.7 Å². The van der Waals surface area contributed by atoms with Crippen molar-refractivity contribution in [3.8, 4) is 0 Å². The number of carbonyl (C=O) groups is 2. The normalized spacial score (nSPS) is 26.1. The van der Waals surface area contributed by atoms with Gasteiger partial charge in [-0.3, -0.25) is 4.79 Å². The standard InChI is InChI=1S/C20H24ClF4N3O2/c1-11-18(29)26-8-9-28(11)19(30)27-17(13-4-7-16(22)15(21)10-13)12-2-5-14(6-3-12)20(23,24)25/h4,7,10-12,14,17H,2-3,5-6,8-9H2,1H3,(H,26,29)(H,27,30)/t11-,12-,14-,17-/m1/s1. The summed E-state index contributed by atoms with van der Waals surface area (Å²) in [4.78, 5) is 26.2. The molecule has 2 fully saturated rings. The van der Waals surface area contributed by atoms with Crippen molar-refractivity contribution >= 4 is 23.5 Å². The van der Waals surface area contributed by atoms with E-state index in [9.17, 15) is 27.2 Å². The number of nitrogens with zero attached hydrogens (tertiary/aromatic N) is 1. The molecular weight excluding hydrogens is 426 g/mol. The Morgan fingerprint density at radius 2 is 1.93 bits per heavy atom. The number of amides is 3. The summed E-state index contributed by atoms with van der Waals surface area (Å²) in [5.74, 6) is -2.51. The number of benzene rings is 1.